The summed E-state index contributed by atoms with van der Waals surface area (Å²) in [6.07, 6.45) is 3.28. The number of aliphatic hydroxyl groups is 1. The summed E-state index contributed by atoms with van der Waals surface area (Å²) >= 11 is 0. The van der Waals surface area contributed by atoms with Crippen LogP contribution in [-0.4, -0.2) is 37.5 Å². The summed E-state index contributed by atoms with van der Waals surface area (Å²) in [6.45, 7) is 0.778. The van der Waals surface area contributed by atoms with Crippen molar-refractivity contribution in [3.63, 3.8) is 0 Å². The van der Waals surface area contributed by atoms with Crippen LogP contribution in [0.3, 0.4) is 0 Å². The van der Waals surface area contributed by atoms with Crippen LogP contribution in [0.25, 0.3) is 0 Å². The van der Waals surface area contributed by atoms with Crippen LogP contribution in [0.15, 0.2) is 24.3 Å². The van der Waals surface area contributed by atoms with Gasteiger partial charge < -0.3 is 19.9 Å². The molecule has 2 rings (SSSR count). The van der Waals surface area contributed by atoms with Gasteiger partial charge >= 0.3 is 0 Å². The van der Waals surface area contributed by atoms with E-state index in [4.69, 9.17) is 9.47 Å². The molecule has 4 heteroatoms. The molecule has 0 saturated heterocycles. The highest BCUT2D eigenvalue weighted by Gasteiger charge is 2.23. The number of methoxy groups -OCH3 is 1. The quantitative estimate of drug-likeness (QED) is 0.736. The van der Waals surface area contributed by atoms with Gasteiger partial charge in [0.2, 0.25) is 0 Å². The van der Waals surface area contributed by atoms with Gasteiger partial charge in [0.1, 0.15) is 11.5 Å². The Kier molecular flexibility index (Phi) is 4.84. The number of hydrogen-bond donors (Lipinski definition) is 2. The predicted molar refractivity (Wildman–Crippen MR) is 70.1 cm³/mol. The lowest BCUT2D eigenvalue weighted by Crippen LogP contribution is -2.35. The molecule has 1 saturated carbocycles. The molecule has 2 N–H and O–H groups in total. The minimum atomic E-state index is 0.149. The summed E-state index contributed by atoms with van der Waals surface area (Å²) in [5, 5.41) is 12.6. The first-order chi connectivity index (χ1) is 8.81. The highest BCUT2D eigenvalue weighted by Crippen LogP contribution is 2.20. The third-order valence-corrected chi connectivity index (χ3v) is 3.06. The van der Waals surface area contributed by atoms with Crippen LogP contribution in [-0.2, 0) is 0 Å². The van der Waals surface area contributed by atoms with Crippen molar-refractivity contribution in [2.75, 3.05) is 20.3 Å². The molecule has 0 radical (unpaired) electrons. The highest BCUT2D eigenvalue weighted by molar-refractivity contribution is 5.31. The summed E-state index contributed by atoms with van der Waals surface area (Å²) in [5.41, 5.74) is 0. The Balaban J connectivity index is 1.69. The predicted octanol–water partition coefficient (Wildman–Crippen LogP) is 1.58. The first-order valence-electron chi connectivity index (χ1n) is 6.45. The number of ether oxygens (including phenoxy) is 2. The summed E-state index contributed by atoms with van der Waals surface area (Å²) < 4.78 is 10.7. The molecule has 0 bridgehead atoms. The van der Waals surface area contributed by atoms with Gasteiger partial charge in [0, 0.05) is 12.1 Å². The van der Waals surface area contributed by atoms with Gasteiger partial charge in [-0.05, 0) is 43.5 Å². The molecule has 0 heterocycles. The second-order valence-corrected chi connectivity index (χ2v) is 4.63. The summed E-state index contributed by atoms with van der Waals surface area (Å²) in [7, 11) is 1.64. The standard InChI is InChI=1S/C14H21NO3/c1-17-13-4-6-14(7-5-13)18-9-8-12(10-16)15-11-2-3-11/h4-7,11-12,15-16H,2-3,8-10H2,1H3. The van der Waals surface area contributed by atoms with Crippen molar-refractivity contribution < 1.29 is 14.6 Å². The van der Waals surface area contributed by atoms with Gasteiger partial charge in [-0.3, -0.25) is 0 Å². The molecule has 0 spiro atoms. The normalized spacial score (nSPS) is 16.3. The minimum Gasteiger partial charge on any atom is -0.497 e. The van der Waals surface area contributed by atoms with Crippen LogP contribution in [0, 0.1) is 0 Å². The average Bonchev–Trinajstić information content (AvgIpc) is 3.22. The largest absolute Gasteiger partial charge is 0.497 e. The Morgan fingerprint density at radius 3 is 2.50 bits per heavy atom. The minimum absolute atomic E-state index is 0.149. The van der Waals surface area contributed by atoms with E-state index in [0.29, 0.717) is 12.6 Å². The fraction of sp³-hybridized carbons (Fsp3) is 0.571. The zero-order chi connectivity index (χ0) is 12.8. The molecule has 100 valence electrons. The Morgan fingerprint density at radius 2 is 1.94 bits per heavy atom. The zero-order valence-electron chi connectivity index (χ0n) is 10.8. The molecule has 1 unspecified atom stereocenters. The molecule has 1 aliphatic rings. The maximum absolute atomic E-state index is 9.23. The third-order valence-electron chi connectivity index (χ3n) is 3.06. The van der Waals surface area contributed by atoms with E-state index < -0.39 is 0 Å². The van der Waals surface area contributed by atoms with Gasteiger partial charge in [0.05, 0.1) is 20.3 Å². The first-order valence-corrected chi connectivity index (χ1v) is 6.45. The molecule has 4 nitrogen and oxygen atoms in total. The molecular weight excluding hydrogens is 230 g/mol. The zero-order valence-corrected chi connectivity index (χ0v) is 10.8. The number of aliphatic hydroxyl groups excluding tert-OH is 1. The molecule has 18 heavy (non-hydrogen) atoms. The number of hydrogen-bond acceptors (Lipinski definition) is 4. The lowest BCUT2D eigenvalue weighted by molar-refractivity contribution is 0.207. The van der Waals surface area contributed by atoms with Gasteiger partial charge in [-0.2, -0.15) is 0 Å². The van der Waals surface area contributed by atoms with E-state index >= 15 is 0 Å². The summed E-state index contributed by atoms with van der Waals surface area (Å²) in [5.74, 6) is 1.66. The SMILES string of the molecule is COc1ccc(OCCC(CO)NC2CC2)cc1. The maximum Gasteiger partial charge on any atom is 0.119 e. The van der Waals surface area contributed by atoms with Crippen molar-refractivity contribution in [3.8, 4) is 11.5 Å². The molecule has 1 aromatic rings. The molecule has 1 atom stereocenters. The molecule has 1 fully saturated rings. The van der Waals surface area contributed by atoms with Crippen molar-refractivity contribution >= 4 is 0 Å². The van der Waals surface area contributed by atoms with Gasteiger partial charge in [-0.15, -0.1) is 0 Å². The van der Waals surface area contributed by atoms with Crippen LogP contribution in [0.2, 0.25) is 0 Å². The molecule has 0 aliphatic heterocycles. The van der Waals surface area contributed by atoms with E-state index in [2.05, 4.69) is 5.32 Å². The fourth-order valence-corrected chi connectivity index (χ4v) is 1.80. The van der Waals surface area contributed by atoms with Crippen molar-refractivity contribution in [1.29, 1.82) is 0 Å². The van der Waals surface area contributed by atoms with Crippen LogP contribution in [0.5, 0.6) is 11.5 Å². The molecule has 0 aromatic heterocycles. The van der Waals surface area contributed by atoms with E-state index in [1.165, 1.54) is 12.8 Å². The van der Waals surface area contributed by atoms with Crippen LogP contribution >= 0.6 is 0 Å². The van der Waals surface area contributed by atoms with Gasteiger partial charge in [-0.1, -0.05) is 0 Å². The lowest BCUT2D eigenvalue weighted by Gasteiger charge is -2.16. The van der Waals surface area contributed by atoms with Gasteiger partial charge in [0.25, 0.3) is 0 Å². The molecular formula is C14H21NO3. The van der Waals surface area contributed by atoms with Crippen molar-refractivity contribution in [2.24, 2.45) is 0 Å². The van der Waals surface area contributed by atoms with Crippen LogP contribution in [0.4, 0.5) is 0 Å². The third kappa shape index (κ3) is 4.20. The average molecular weight is 251 g/mol. The van der Waals surface area contributed by atoms with Gasteiger partial charge in [-0.25, -0.2) is 0 Å². The summed E-state index contributed by atoms with van der Waals surface area (Å²) in [6, 6.07) is 8.30. The molecule has 1 aliphatic carbocycles. The van der Waals surface area contributed by atoms with Crippen LogP contribution < -0.4 is 14.8 Å². The maximum atomic E-state index is 9.23. The molecule has 0 amide bonds. The monoisotopic (exact) mass is 251 g/mol. The smallest absolute Gasteiger partial charge is 0.119 e. The van der Waals surface area contributed by atoms with Crippen molar-refractivity contribution in [2.45, 2.75) is 31.3 Å². The van der Waals surface area contributed by atoms with Crippen molar-refractivity contribution in [3.05, 3.63) is 24.3 Å². The highest BCUT2D eigenvalue weighted by atomic mass is 16.5. The Hall–Kier alpha value is -1.26. The summed E-state index contributed by atoms with van der Waals surface area (Å²) in [4.78, 5) is 0. The molecule has 1 aromatic carbocycles. The van der Waals surface area contributed by atoms with E-state index in [9.17, 15) is 5.11 Å². The topological polar surface area (TPSA) is 50.7 Å². The Morgan fingerprint density at radius 1 is 1.28 bits per heavy atom. The van der Waals surface area contributed by atoms with Crippen molar-refractivity contribution in [1.82, 2.24) is 5.32 Å². The number of nitrogens with one attached hydrogen (secondary N) is 1. The Bertz CT molecular complexity index is 349. The number of benzene rings is 1. The van der Waals surface area contributed by atoms with E-state index in [1.54, 1.807) is 7.11 Å². The Labute approximate surface area is 108 Å². The first kappa shape index (κ1) is 13.2. The number of rotatable bonds is 8. The second kappa shape index (κ2) is 6.61. The van der Waals surface area contributed by atoms with Crippen LogP contribution in [0.1, 0.15) is 19.3 Å². The lowest BCUT2D eigenvalue weighted by atomic mass is 10.2. The van der Waals surface area contributed by atoms with E-state index in [0.717, 1.165) is 17.9 Å². The van der Waals surface area contributed by atoms with Gasteiger partial charge in [0.15, 0.2) is 0 Å². The van der Waals surface area contributed by atoms with E-state index in [1.807, 2.05) is 24.3 Å². The second-order valence-electron chi connectivity index (χ2n) is 4.63. The van der Waals surface area contributed by atoms with E-state index in [-0.39, 0.29) is 12.6 Å². The fourth-order valence-electron chi connectivity index (χ4n) is 1.80.